The Kier molecular flexibility index (Phi) is 7.44. The molecule has 8 nitrogen and oxygen atoms in total. The molecule has 1 fully saturated rings. The van der Waals surface area contributed by atoms with Crippen molar-refractivity contribution < 1.29 is 14.3 Å². The molecule has 2 aliphatic heterocycles. The molecule has 2 aliphatic rings. The molecule has 8 heteroatoms. The van der Waals surface area contributed by atoms with Crippen LogP contribution in [-0.2, 0) is 22.5 Å². The highest BCUT2D eigenvalue weighted by molar-refractivity contribution is 5.87. The fraction of sp³-hybridized carbons (Fsp3) is 0.480. The number of aromatic nitrogens is 1. The van der Waals surface area contributed by atoms with Gasteiger partial charge in [0.1, 0.15) is 6.04 Å². The van der Waals surface area contributed by atoms with Crippen molar-refractivity contribution in [3.63, 3.8) is 0 Å². The van der Waals surface area contributed by atoms with Crippen LogP contribution < -0.4 is 16.2 Å². The number of urea groups is 1. The van der Waals surface area contributed by atoms with Crippen molar-refractivity contribution >= 4 is 11.9 Å². The summed E-state index contributed by atoms with van der Waals surface area (Å²) < 4.78 is 6.89. The third kappa shape index (κ3) is 5.63. The lowest BCUT2D eigenvalue weighted by Gasteiger charge is -2.43. The average molecular weight is 453 g/mol. The molecule has 4 rings (SSSR count). The molecule has 3 atom stereocenters. The van der Waals surface area contributed by atoms with Crippen molar-refractivity contribution in [1.29, 1.82) is 0 Å². The Morgan fingerprint density at radius 2 is 1.91 bits per heavy atom. The number of hydrogen-bond acceptors (Lipinski definition) is 4. The van der Waals surface area contributed by atoms with E-state index in [1.807, 2.05) is 41.0 Å². The number of benzene rings is 1. The van der Waals surface area contributed by atoms with Gasteiger partial charge in [-0.25, -0.2) is 4.79 Å². The molecule has 1 aromatic heterocycles. The first-order valence-corrected chi connectivity index (χ1v) is 11.6. The number of carbonyl (C=O) groups is 2. The average Bonchev–Trinajstić information content (AvgIpc) is 2.82. The number of ether oxygens (including phenoxy) is 1. The van der Waals surface area contributed by atoms with E-state index in [-0.39, 0.29) is 29.3 Å². The van der Waals surface area contributed by atoms with E-state index in [4.69, 9.17) is 4.74 Å². The first-order valence-electron chi connectivity index (χ1n) is 11.6. The van der Waals surface area contributed by atoms with Crippen LogP contribution in [-0.4, -0.2) is 60.8 Å². The topological polar surface area (TPSA) is 92.7 Å². The van der Waals surface area contributed by atoms with Gasteiger partial charge in [0, 0.05) is 64.0 Å². The van der Waals surface area contributed by atoms with E-state index < -0.39 is 6.04 Å². The van der Waals surface area contributed by atoms with Crippen molar-refractivity contribution in [2.24, 2.45) is 5.92 Å². The van der Waals surface area contributed by atoms with Gasteiger partial charge in [-0.15, -0.1) is 0 Å². The number of amides is 3. The normalized spacial score (nSPS) is 20.0. The maximum Gasteiger partial charge on any atom is 0.318 e. The second-order valence-electron chi connectivity index (χ2n) is 8.93. The van der Waals surface area contributed by atoms with Crippen LogP contribution in [0.5, 0.6) is 0 Å². The number of piperidine rings is 1. The standard InChI is InChI=1S/C25H32N4O4/c1-33-12-6-11-26-24(31)21(14-18-7-3-2-4-8-18)27-25(32)28-15-19-13-20(17-28)22-9-5-10-23(30)29(22)16-19/h2-5,7-10,19-21H,6,11-17H2,1H3,(H,26,31)(H,27,32)/t19-,20-,21-/m0/s1. The predicted octanol–water partition coefficient (Wildman–Crippen LogP) is 1.74. The van der Waals surface area contributed by atoms with Gasteiger partial charge in [0.15, 0.2) is 0 Å². The zero-order valence-corrected chi connectivity index (χ0v) is 19.0. The van der Waals surface area contributed by atoms with Crippen molar-refractivity contribution in [2.45, 2.75) is 37.8 Å². The molecular weight excluding hydrogens is 420 g/mol. The number of nitrogens with zero attached hydrogens (tertiary/aromatic N) is 2. The molecule has 2 bridgehead atoms. The molecule has 0 spiro atoms. The molecule has 1 saturated heterocycles. The summed E-state index contributed by atoms with van der Waals surface area (Å²) in [5.74, 6) is 0.169. The van der Waals surface area contributed by atoms with Gasteiger partial charge in [-0.05, 0) is 30.4 Å². The zero-order chi connectivity index (χ0) is 23.2. The van der Waals surface area contributed by atoms with Crippen molar-refractivity contribution in [3.05, 3.63) is 70.1 Å². The summed E-state index contributed by atoms with van der Waals surface area (Å²) in [5.41, 5.74) is 2.00. The van der Waals surface area contributed by atoms with E-state index in [1.165, 1.54) is 0 Å². The minimum Gasteiger partial charge on any atom is -0.385 e. The van der Waals surface area contributed by atoms with Gasteiger partial charge in [-0.3, -0.25) is 9.59 Å². The Hall–Kier alpha value is -3.13. The van der Waals surface area contributed by atoms with E-state index >= 15 is 0 Å². The van der Waals surface area contributed by atoms with E-state index in [0.29, 0.717) is 45.6 Å². The van der Waals surface area contributed by atoms with Gasteiger partial charge in [0.25, 0.3) is 5.56 Å². The summed E-state index contributed by atoms with van der Waals surface area (Å²) in [5, 5.41) is 5.89. The number of fused-ring (bicyclic) bond motifs is 4. The molecule has 2 N–H and O–H groups in total. The van der Waals surface area contributed by atoms with Crippen LogP contribution in [0.3, 0.4) is 0 Å². The maximum atomic E-state index is 13.2. The van der Waals surface area contributed by atoms with Crippen LogP contribution in [0.25, 0.3) is 0 Å². The highest BCUT2D eigenvalue weighted by Gasteiger charge is 2.37. The van der Waals surface area contributed by atoms with Gasteiger partial charge in [-0.2, -0.15) is 0 Å². The number of pyridine rings is 1. The first kappa shape index (κ1) is 23.0. The number of likely N-dealkylation sites (tertiary alicyclic amines) is 1. The van der Waals surface area contributed by atoms with Crippen LogP contribution in [0, 0.1) is 5.92 Å². The Balaban J connectivity index is 1.44. The van der Waals surface area contributed by atoms with E-state index in [2.05, 4.69) is 10.6 Å². The number of methoxy groups -OCH3 is 1. The summed E-state index contributed by atoms with van der Waals surface area (Å²) in [6.45, 7) is 2.81. The third-order valence-electron chi connectivity index (χ3n) is 6.49. The second-order valence-corrected chi connectivity index (χ2v) is 8.93. The summed E-state index contributed by atoms with van der Waals surface area (Å²) in [7, 11) is 1.63. The molecule has 3 amide bonds. The molecule has 2 aromatic rings. The van der Waals surface area contributed by atoms with Gasteiger partial charge in [0.05, 0.1) is 0 Å². The highest BCUT2D eigenvalue weighted by Crippen LogP contribution is 2.34. The Labute approximate surface area is 193 Å². The lowest BCUT2D eigenvalue weighted by atomic mass is 9.83. The predicted molar refractivity (Wildman–Crippen MR) is 125 cm³/mol. The minimum atomic E-state index is -0.667. The number of nitrogens with one attached hydrogen (secondary N) is 2. The number of hydrogen-bond donors (Lipinski definition) is 2. The molecule has 176 valence electrons. The van der Waals surface area contributed by atoms with Crippen molar-refractivity contribution in [1.82, 2.24) is 20.1 Å². The summed E-state index contributed by atoms with van der Waals surface area (Å²) in [4.78, 5) is 40.2. The number of rotatable bonds is 8. The molecule has 3 heterocycles. The van der Waals surface area contributed by atoms with E-state index in [9.17, 15) is 14.4 Å². The van der Waals surface area contributed by atoms with Crippen LogP contribution >= 0.6 is 0 Å². The lowest BCUT2D eigenvalue weighted by Crippen LogP contribution is -2.56. The molecule has 0 radical (unpaired) electrons. The van der Waals surface area contributed by atoms with E-state index in [0.717, 1.165) is 17.7 Å². The van der Waals surface area contributed by atoms with Crippen LogP contribution in [0.15, 0.2) is 53.3 Å². The van der Waals surface area contributed by atoms with Crippen molar-refractivity contribution in [3.8, 4) is 0 Å². The zero-order valence-electron chi connectivity index (χ0n) is 19.0. The summed E-state index contributed by atoms with van der Waals surface area (Å²) in [6.07, 6.45) is 2.10. The summed E-state index contributed by atoms with van der Waals surface area (Å²) in [6, 6.07) is 14.2. The molecule has 0 aliphatic carbocycles. The van der Waals surface area contributed by atoms with Crippen LogP contribution in [0.1, 0.15) is 30.0 Å². The number of carbonyl (C=O) groups excluding carboxylic acids is 2. The van der Waals surface area contributed by atoms with Gasteiger partial charge < -0.3 is 24.8 Å². The lowest BCUT2D eigenvalue weighted by molar-refractivity contribution is -0.123. The molecular formula is C25H32N4O4. The molecule has 0 saturated carbocycles. The Morgan fingerprint density at radius 1 is 1.09 bits per heavy atom. The third-order valence-corrected chi connectivity index (χ3v) is 6.49. The first-order chi connectivity index (χ1) is 16.0. The maximum absolute atomic E-state index is 13.2. The SMILES string of the molecule is COCCCNC(=O)[C@H](Cc1ccccc1)NC(=O)N1C[C@@H]2C[C@@H](C1)c1cccc(=O)n1C2. The molecule has 0 unspecified atom stereocenters. The largest absolute Gasteiger partial charge is 0.385 e. The van der Waals surface area contributed by atoms with Gasteiger partial charge in [0.2, 0.25) is 5.91 Å². The monoisotopic (exact) mass is 452 g/mol. The fourth-order valence-electron chi connectivity index (χ4n) is 4.91. The smallest absolute Gasteiger partial charge is 0.318 e. The van der Waals surface area contributed by atoms with E-state index in [1.54, 1.807) is 24.1 Å². The van der Waals surface area contributed by atoms with Crippen LogP contribution in [0.4, 0.5) is 4.79 Å². The quantitative estimate of drug-likeness (QED) is 0.597. The summed E-state index contributed by atoms with van der Waals surface area (Å²) >= 11 is 0. The van der Waals surface area contributed by atoms with Crippen molar-refractivity contribution in [2.75, 3.05) is 33.4 Å². The highest BCUT2D eigenvalue weighted by atomic mass is 16.5. The Bertz CT molecular complexity index is 1020. The minimum absolute atomic E-state index is 0.0215. The van der Waals surface area contributed by atoms with Gasteiger partial charge in [-0.1, -0.05) is 36.4 Å². The van der Waals surface area contributed by atoms with Crippen LogP contribution in [0.2, 0.25) is 0 Å². The van der Waals surface area contributed by atoms with Gasteiger partial charge >= 0.3 is 6.03 Å². The molecule has 33 heavy (non-hydrogen) atoms. The molecule has 1 aromatic carbocycles. The fourth-order valence-corrected chi connectivity index (χ4v) is 4.91. The Morgan fingerprint density at radius 3 is 2.70 bits per heavy atom. The second kappa shape index (κ2) is 10.7.